The molecule has 0 aliphatic rings. The summed E-state index contributed by atoms with van der Waals surface area (Å²) < 4.78 is 1.83. The number of benzene rings is 1. The number of carbonyl (C=O) groups excluding carboxylic acids is 2. The zero-order chi connectivity index (χ0) is 23.6. The molecule has 0 aliphatic heterocycles. The van der Waals surface area contributed by atoms with E-state index in [1.54, 1.807) is 0 Å². The van der Waals surface area contributed by atoms with Crippen LogP contribution in [0.15, 0.2) is 30.3 Å². The highest BCUT2D eigenvalue weighted by Crippen LogP contribution is 2.28. The second kappa shape index (κ2) is 9.12. The molecule has 2 N–H and O–H groups in total. The Labute approximate surface area is 186 Å². The Balaban J connectivity index is 2.17. The number of hydrogen-bond acceptors (Lipinski definition) is 3. The predicted molar refractivity (Wildman–Crippen MR) is 127 cm³/mol. The lowest BCUT2D eigenvalue weighted by molar-refractivity contribution is -0.117. The van der Waals surface area contributed by atoms with Crippen LogP contribution in [0.4, 0.5) is 16.3 Å². The number of rotatable bonds is 5. The van der Waals surface area contributed by atoms with Crippen LogP contribution in [-0.2, 0) is 15.7 Å². The summed E-state index contributed by atoms with van der Waals surface area (Å²) in [5.74, 6) is 0.365. The normalized spacial score (nSPS) is 12.1. The molecular weight excluding hydrogens is 390 g/mol. The van der Waals surface area contributed by atoms with E-state index in [2.05, 4.69) is 31.4 Å². The summed E-state index contributed by atoms with van der Waals surface area (Å²) in [5.41, 5.74) is 2.27. The van der Waals surface area contributed by atoms with Gasteiger partial charge in [0.2, 0.25) is 5.91 Å². The smallest absolute Gasteiger partial charge is 0.313 e. The van der Waals surface area contributed by atoms with Gasteiger partial charge in [-0.05, 0) is 53.7 Å². The monoisotopic (exact) mass is 427 g/mol. The Morgan fingerprint density at radius 1 is 1.03 bits per heavy atom. The van der Waals surface area contributed by atoms with Gasteiger partial charge in [0.05, 0.1) is 11.2 Å². The Kier molecular flexibility index (Phi) is 7.19. The van der Waals surface area contributed by atoms with Gasteiger partial charge in [0.1, 0.15) is 12.4 Å². The number of aromatic nitrogens is 2. The molecule has 0 bridgehead atoms. The first kappa shape index (κ1) is 24.4. The van der Waals surface area contributed by atoms with Crippen LogP contribution >= 0.6 is 0 Å². The van der Waals surface area contributed by atoms with Crippen molar-refractivity contribution in [2.45, 2.75) is 79.3 Å². The number of anilines is 2. The maximum absolute atomic E-state index is 12.9. The van der Waals surface area contributed by atoms with Gasteiger partial charge < -0.3 is 15.5 Å². The number of urea groups is 1. The molecule has 0 saturated heterocycles. The number of aryl methyl sites for hydroxylation is 1. The van der Waals surface area contributed by atoms with Gasteiger partial charge in [-0.3, -0.25) is 4.79 Å². The number of nitrogens with zero attached hydrogens (tertiary/aromatic N) is 3. The predicted octanol–water partition coefficient (Wildman–Crippen LogP) is 5.13. The van der Waals surface area contributed by atoms with Crippen molar-refractivity contribution in [1.29, 1.82) is 0 Å². The molecule has 1 aromatic carbocycles. The van der Waals surface area contributed by atoms with E-state index in [0.29, 0.717) is 11.5 Å². The van der Waals surface area contributed by atoms with Crippen molar-refractivity contribution in [2.75, 3.05) is 17.2 Å². The zero-order valence-corrected chi connectivity index (χ0v) is 20.3. The minimum absolute atomic E-state index is 0.0600. The third-order valence-electron chi connectivity index (χ3n) is 4.88. The SMILES string of the molecule is Cc1ccc(NC(=O)N(CC(=O)Nc2cc(C(C)(C)C)nn2C(C)(C)C)C(C)C)cc1. The molecule has 0 spiro atoms. The van der Waals surface area contributed by atoms with Crippen LogP contribution in [0.25, 0.3) is 0 Å². The Hall–Kier alpha value is -2.83. The molecule has 0 aliphatic carbocycles. The van der Waals surface area contributed by atoms with E-state index >= 15 is 0 Å². The van der Waals surface area contributed by atoms with Gasteiger partial charge >= 0.3 is 6.03 Å². The fraction of sp³-hybridized carbons (Fsp3) is 0.542. The maximum atomic E-state index is 12.9. The van der Waals surface area contributed by atoms with Crippen molar-refractivity contribution in [3.63, 3.8) is 0 Å². The van der Waals surface area contributed by atoms with Gasteiger partial charge in [-0.1, -0.05) is 38.5 Å². The largest absolute Gasteiger partial charge is 0.322 e. The molecule has 0 radical (unpaired) electrons. The molecule has 3 amide bonds. The van der Waals surface area contributed by atoms with E-state index in [0.717, 1.165) is 11.3 Å². The van der Waals surface area contributed by atoms with E-state index in [9.17, 15) is 9.59 Å². The fourth-order valence-electron chi connectivity index (χ4n) is 3.01. The minimum atomic E-state index is -0.311. The van der Waals surface area contributed by atoms with Crippen LogP contribution in [0.5, 0.6) is 0 Å². The van der Waals surface area contributed by atoms with Crippen LogP contribution < -0.4 is 10.6 Å². The molecule has 0 fully saturated rings. The van der Waals surface area contributed by atoms with Crippen LogP contribution in [0.1, 0.15) is 66.6 Å². The molecular formula is C24H37N5O2. The lowest BCUT2D eigenvalue weighted by atomic mass is 9.92. The summed E-state index contributed by atoms with van der Waals surface area (Å²) in [6.07, 6.45) is 0. The highest BCUT2D eigenvalue weighted by atomic mass is 16.2. The average Bonchev–Trinajstić information content (AvgIpc) is 3.06. The lowest BCUT2D eigenvalue weighted by Crippen LogP contribution is -2.45. The van der Waals surface area contributed by atoms with Crippen molar-refractivity contribution < 1.29 is 9.59 Å². The van der Waals surface area contributed by atoms with Crippen LogP contribution in [0, 0.1) is 6.92 Å². The number of carbonyl (C=O) groups is 2. The fourth-order valence-corrected chi connectivity index (χ4v) is 3.01. The summed E-state index contributed by atoms with van der Waals surface area (Å²) >= 11 is 0. The second-order valence-electron chi connectivity index (χ2n) is 10.3. The van der Waals surface area contributed by atoms with Gasteiger partial charge in [-0.2, -0.15) is 5.10 Å². The quantitative estimate of drug-likeness (QED) is 0.695. The molecule has 2 aromatic rings. The molecule has 31 heavy (non-hydrogen) atoms. The minimum Gasteiger partial charge on any atom is -0.313 e. The third-order valence-corrected chi connectivity index (χ3v) is 4.88. The first-order chi connectivity index (χ1) is 14.2. The number of amides is 3. The molecule has 7 nitrogen and oxygen atoms in total. The standard InChI is InChI=1S/C24H37N5O2/c1-16(2)28(22(31)25-18-12-10-17(3)11-13-18)15-21(30)26-20-14-19(23(4,5)6)27-29(20)24(7,8)9/h10-14,16H,15H2,1-9H3,(H,25,31)(H,26,30). The summed E-state index contributed by atoms with van der Waals surface area (Å²) in [5, 5.41) is 10.6. The zero-order valence-electron chi connectivity index (χ0n) is 20.3. The topological polar surface area (TPSA) is 79.3 Å². The molecule has 0 saturated carbocycles. The summed E-state index contributed by atoms with van der Waals surface area (Å²) in [6, 6.07) is 9.02. The van der Waals surface area contributed by atoms with Crippen molar-refractivity contribution in [1.82, 2.24) is 14.7 Å². The van der Waals surface area contributed by atoms with Crippen LogP contribution in [0.3, 0.4) is 0 Å². The summed E-state index contributed by atoms with van der Waals surface area (Å²) in [4.78, 5) is 27.2. The van der Waals surface area contributed by atoms with Gasteiger partial charge in [0.25, 0.3) is 0 Å². The Morgan fingerprint density at radius 3 is 2.10 bits per heavy atom. The van der Waals surface area contributed by atoms with E-state index < -0.39 is 0 Å². The molecule has 2 rings (SSSR count). The molecule has 0 atom stereocenters. The van der Waals surface area contributed by atoms with Crippen molar-refractivity contribution in [2.24, 2.45) is 0 Å². The van der Waals surface area contributed by atoms with E-state index in [4.69, 9.17) is 5.10 Å². The van der Waals surface area contributed by atoms with Gasteiger partial charge in [0, 0.05) is 23.2 Å². The van der Waals surface area contributed by atoms with E-state index in [1.165, 1.54) is 4.90 Å². The second-order valence-corrected chi connectivity index (χ2v) is 10.3. The highest BCUT2D eigenvalue weighted by Gasteiger charge is 2.27. The van der Waals surface area contributed by atoms with Crippen LogP contribution in [-0.4, -0.2) is 39.2 Å². The van der Waals surface area contributed by atoms with Crippen molar-refractivity contribution in [3.8, 4) is 0 Å². The highest BCUT2D eigenvalue weighted by molar-refractivity contribution is 5.96. The molecule has 1 aromatic heterocycles. The first-order valence-corrected chi connectivity index (χ1v) is 10.7. The van der Waals surface area contributed by atoms with Crippen LogP contribution in [0.2, 0.25) is 0 Å². The Morgan fingerprint density at radius 2 is 1.61 bits per heavy atom. The summed E-state index contributed by atoms with van der Waals surface area (Å²) in [6.45, 7) is 18.1. The van der Waals surface area contributed by atoms with Gasteiger partial charge in [-0.15, -0.1) is 0 Å². The summed E-state index contributed by atoms with van der Waals surface area (Å²) in [7, 11) is 0. The molecule has 1 heterocycles. The maximum Gasteiger partial charge on any atom is 0.322 e. The number of nitrogens with one attached hydrogen (secondary N) is 2. The third kappa shape index (κ3) is 6.57. The van der Waals surface area contributed by atoms with Gasteiger partial charge in [-0.25, -0.2) is 9.48 Å². The molecule has 170 valence electrons. The first-order valence-electron chi connectivity index (χ1n) is 10.7. The van der Waals surface area contributed by atoms with Gasteiger partial charge in [0.15, 0.2) is 0 Å². The van der Waals surface area contributed by atoms with Crippen molar-refractivity contribution >= 4 is 23.4 Å². The van der Waals surface area contributed by atoms with Crippen molar-refractivity contribution in [3.05, 3.63) is 41.6 Å². The van der Waals surface area contributed by atoms with E-state index in [-0.39, 0.29) is 35.5 Å². The molecule has 7 heteroatoms. The number of hydrogen-bond donors (Lipinski definition) is 2. The lowest BCUT2D eigenvalue weighted by Gasteiger charge is -2.27. The Bertz CT molecular complexity index is 915. The van der Waals surface area contributed by atoms with E-state index in [1.807, 2.05) is 76.6 Å². The average molecular weight is 428 g/mol. The molecule has 0 unspecified atom stereocenters.